The summed E-state index contributed by atoms with van der Waals surface area (Å²) in [5, 5.41) is 0. The van der Waals surface area contributed by atoms with Crippen molar-refractivity contribution in [1.29, 1.82) is 0 Å². The molecule has 1 spiro atoms. The van der Waals surface area contributed by atoms with Crippen molar-refractivity contribution in [1.82, 2.24) is 0 Å². The molecule has 5 rings (SSSR count). The predicted octanol–water partition coefficient (Wildman–Crippen LogP) is 3.23. The quantitative estimate of drug-likeness (QED) is 0.733. The number of hydrogen-bond acceptors (Lipinski definition) is 5. The van der Waals surface area contributed by atoms with E-state index >= 15 is 0 Å². The first kappa shape index (κ1) is 15.3. The molecule has 126 valence electrons. The van der Waals surface area contributed by atoms with Gasteiger partial charge in [-0.05, 0) is 44.9 Å². The number of ether oxygens (including phenoxy) is 3. The second kappa shape index (κ2) is 5.15. The van der Waals surface area contributed by atoms with Gasteiger partial charge in [-0.15, -0.1) is 0 Å². The molecule has 1 aliphatic carbocycles. The fraction of sp³-hybridized carbons (Fsp3) is 1.00. The maximum absolute atomic E-state index is 6.25. The first-order valence-electron chi connectivity index (χ1n) is 8.82. The fourth-order valence-electron chi connectivity index (χ4n) is 5.23. The van der Waals surface area contributed by atoms with Crippen LogP contribution in [0, 0.1) is 23.7 Å². The molecule has 5 heteroatoms. The topological polar surface area (TPSA) is 46.2 Å². The summed E-state index contributed by atoms with van der Waals surface area (Å²) in [5.74, 6) is 0.957. The SMILES string of the molecule is CCO[C@@H]1O[C@@H]2O[C@]3(C)CC[C@H]4[C@H](C)CC[C@@H]([C@H]1C)[C@@]24OO3. The van der Waals surface area contributed by atoms with E-state index in [0.717, 1.165) is 19.3 Å². The van der Waals surface area contributed by atoms with Gasteiger partial charge in [0, 0.05) is 24.9 Å². The Balaban J connectivity index is 1.75. The number of rotatable bonds is 2. The Hall–Kier alpha value is -0.200. The molecule has 5 fully saturated rings. The largest absolute Gasteiger partial charge is 0.353 e. The Bertz CT molecular complexity index is 443. The van der Waals surface area contributed by atoms with Crippen LogP contribution in [0.2, 0.25) is 0 Å². The Morgan fingerprint density at radius 2 is 1.91 bits per heavy atom. The van der Waals surface area contributed by atoms with Gasteiger partial charge in [0.15, 0.2) is 18.2 Å². The van der Waals surface area contributed by atoms with Gasteiger partial charge in [-0.3, -0.25) is 0 Å². The van der Waals surface area contributed by atoms with E-state index in [1.807, 2.05) is 13.8 Å². The number of hydrogen-bond donors (Lipinski definition) is 0. The van der Waals surface area contributed by atoms with Crippen LogP contribution in [0.1, 0.15) is 53.4 Å². The average Bonchev–Trinajstić information content (AvgIpc) is 2.71. The molecule has 4 saturated heterocycles. The van der Waals surface area contributed by atoms with E-state index in [-0.39, 0.29) is 18.5 Å². The van der Waals surface area contributed by atoms with Gasteiger partial charge in [0.25, 0.3) is 0 Å². The van der Waals surface area contributed by atoms with E-state index in [1.54, 1.807) is 0 Å². The van der Waals surface area contributed by atoms with Crippen LogP contribution in [0.15, 0.2) is 0 Å². The van der Waals surface area contributed by atoms with Gasteiger partial charge >= 0.3 is 0 Å². The van der Waals surface area contributed by atoms with Crippen molar-refractivity contribution in [3.05, 3.63) is 0 Å². The molecule has 0 amide bonds. The molecule has 0 N–H and O–H groups in total. The maximum atomic E-state index is 6.25. The van der Waals surface area contributed by atoms with Crippen molar-refractivity contribution in [3.63, 3.8) is 0 Å². The van der Waals surface area contributed by atoms with Gasteiger partial charge < -0.3 is 14.2 Å². The summed E-state index contributed by atoms with van der Waals surface area (Å²) in [6.45, 7) is 9.15. The third kappa shape index (κ3) is 1.96. The normalized spacial score (nSPS) is 57.3. The standard InChI is InChI=1S/C17H28O5/c1-5-18-14-11(3)13-7-6-10(2)12-8-9-16(4)20-15(19-14)17(12,13)22-21-16/h10-15H,5-9H2,1-4H3/t10-,11-,12+,13+,14-,15-,16+,17-/m1/s1. The van der Waals surface area contributed by atoms with Crippen molar-refractivity contribution in [3.8, 4) is 0 Å². The Morgan fingerprint density at radius 1 is 1.09 bits per heavy atom. The van der Waals surface area contributed by atoms with Crippen molar-refractivity contribution in [2.24, 2.45) is 23.7 Å². The molecule has 1 saturated carbocycles. The van der Waals surface area contributed by atoms with Gasteiger partial charge in [-0.1, -0.05) is 13.8 Å². The Kier molecular flexibility index (Phi) is 3.59. The van der Waals surface area contributed by atoms with E-state index in [1.165, 1.54) is 6.42 Å². The van der Waals surface area contributed by atoms with Crippen LogP contribution in [-0.2, 0) is 24.0 Å². The Labute approximate surface area is 132 Å². The summed E-state index contributed by atoms with van der Waals surface area (Å²) < 4.78 is 18.3. The highest BCUT2D eigenvalue weighted by Crippen LogP contribution is 2.60. The molecule has 5 nitrogen and oxygen atoms in total. The van der Waals surface area contributed by atoms with E-state index in [4.69, 9.17) is 24.0 Å². The second-order valence-electron chi connectivity index (χ2n) is 7.73. The van der Waals surface area contributed by atoms with Crippen LogP contribution < -0.4 is 0 Å². The minimum absolute atomic E-state index is 0.216. The van der Waals surface area contributed by atoms with Gasteiger partial charge in [0.2, 0.25) is 5.79 Å². The maximum Gasteiger partial charge on any atom is 0.201 e. The average molecular weight is 312 g/mol. The summed E-state index contributed by atoms with van der Waals surface area (Å²) in [5.41, 5.74) is -0.472. The highest BCUT2D eigenvalue weighted by Gasteiger charge is 2.69. The molecule has 0 radical (unpaired) electrons. The molecule has 0 unspecified atom stereocenters. The zero-order valence-corrected chi connectivity index (χ0v) is 14.0. The Morgan fingerprint density at radius 3 is 2.68 bits per heavy atom. The monoisotopic (exact) mass is 312 g/mol. The zero-order chi connectivity index (χ0) is 15.5. The molecular weight excluding hydrogens is 284 g/mol. The van der Waals surface area contributed by atoms with Crippen LogP contribution in [0.5, 0.6) is 0 Å². The van der Waals surface area contributed by atoms with Crippen molar-refractivity contribution >= 4 is 0 Å². The molecule has 0 aromatic rings. The van der Waals surface area contributed by atoms with Crippen LogP contribution in [-0.4, -0.2) is 30.6 Å². The molecule has 22 heavy (non-hydrogen) atoms. The van der Waals surface area contributed by atoms with Crippen molar-refractivity contribution in [2.75, 3.05) is 6.61 Å². The second-order valence-corrected chi connectivity index (χ2v) is 7.73. The molecular formula is C17H28O5. The van der Waals surface area contributed by atoms with Crippen molar-refractivity contribution in [2.45, 2.75) is 77.3 Å². The van der Waals surface area contributed by atoms with E-state index in [0.29, 0.717) is 24.4 Å². The summed E-state index contributed by atoms with van der Waals surface area (Å²) in [6, 6.07) is 0. The predicted molar refractivity (Wildman–Crippen MR) is 78.5 cm³/mol. The van der Waals surface area contributed by atoms with Crippen LogP contribution >= 0.6 is 0 Å². The van der Waals surface area contributed by atoms with Gasteiger partial charge in [0.1, 0.15) is 0 Å². The van der Waals surface area contributed by atoms with Crippen LogP contribution in [0.25, 0.3) is 0 Å². The highest BCUT2D eigenvalue weighted by atomic mass is 17.3. The molecule has 0 aromatic heterocycles. The number of fused-ring (bicyclic) bond motifs is 2. The van der Waals surface area contributed by atoms with Crippen LogP contribution in [0.3, 0.4) is 0 Å². The highest BCUT2D eigenvalue weighted by molar-refractivity contribution is 5.09. The third-order valence-electron chi connectivity index (χ3n) is 6.43. The van der Waals surface area contributed by atoms with Gasteiger partial charge in [-0.25, -0.2) is 9.78 Å². The lowest BCUT2D eigenvalue weighted by molar-refractivity contribution is -0.577. The summed E-state index contributed by atoms with van der Waals surface area (Å²) in [7, 11) is 0. The minimum atomic E-state index is -0.700. The van der Waals surface area contributed by atoms with Gasteiger partial charge in [0.05, 0.1) is 0 Å². The fourth-order valence-corrected chi connectivity index (χ4v) is 5.23. The molecule has 0 aromatic carbocycles. The summed E-state index contributed by atoms with van der Waals surface area (Å²) >= 11 is 0. The lowest BCUT2D eigenvalue weighted by atomic mass is 9.58. The molecule has 2 bridgehead atoms. The molecule has 4 aliphatic heterocycles. The molecule has 5 aliphatic rings. The van der Waals surface area contributed by atoms with Crippen molar-refractivity contribution < 1.29 is 24.0 Å². The summed E-state index contributed by atoms with van der Waals surface area (Å²) in [6.07, 6.45) is 3.66. The van der Waals surface area contributed by atoms with E-state index in [2.05, 4.69) is 13.8 Å². The first-order chi connectivity index (χ1) is 10.5. The lowest BCUT2D eigenvalue weighted by Gasteiger charge is -2.60. The first-order valence-corrected chi connectivity index (χ1v) is 8.82. The smallest absolute Gasteiger partial charge is 0.201 e. The minimum Gasteiger partial charge on any atom is -0.353 e. The molecule has 4 heterocycles. The third-order valence-corrected chi connectivity index (χ3v) is 6.43. The summed E-state index contributed by atoms with van der Waals surface area (Å²) in [4.78, 5) is 11.9. The van der Waals surface area contributed by atoms with Gasteiger partial charge in [-0.2, -0.15) is 0 Å². The lowest BCUT2D eigenvalue weighted by Crippen LogP contribution is -2.70. The zero-order valence-electron chi connectivity index (χ0n) is 14.0. The van der Waals surface area contributed by atoms with Crippen LogP contribution in [0.4, 0.5) is 0 Å². The van der Waals surface area contributed by atoms with E-state index < -0.39 is 11.4 Å². The molecule has 8 atom stereocenters. The van der Waals surface area contributed by atoms with E-state index in [9.17, 15) is 0 Å².